The highest BCUT2D eigenvalue weighted by molar-refractivity contribution is 5.96. The second-order valence-corrected chi connectivity index (χ2v) is 10.2. The molecular formula is C27H32F3N5O2. The molecule has 37 heavy (non-hydrogen) atoms. The molecule has 0 aliphatic heterocycles. The lowest BCUT2D eigenvalue weighted by Gasteiger charge is -2.24. The number of amides is 3. The Morgan fingerprint density at radius 2 is 1.59 bits per heavy atom. The lowest BCUT2D eigenvalue weighted by atomic mass is 9.92. The van der Waals surface area contributed by atoms with Gasteiger partial charge in [-0.2, -0.15) is 18.3 Å². The molecule has 3 aromatic rings. The normalized spacial score (nSPS) is 11.9. The second kappa shape index (κ2) is 11.1. The number of para-hydroxylation sites is 1. The largest absolute Gasteiger partial charge is 0.416 e. The Labute approximate surface area is 214 Å². The van der Waals surface area contributed by atoms with Crippen LogP contribution in [0.2, 0.25) is 0 Å². The summed E-state index contributed by atoms with van der Waals surface area (Å²) in [5, 5.41) is 10.1. The van der Waals surface area contributed by atoms with Gasteiger partial charge in [0.05, 0.1) is 16.9 Å². The van der Waals surface area contributed by atoms with E-state index in [4.69, 9.17) is 0 Å². The van der Waals surface area contributed by atoms with E-state index in [1.165, 1.54) is 17.0 Å². The van der Waals surface area contributed by atoms with Crippen molar-refractivity contribution in [3.63, 3.8) is 0 Å². The predicted octanol–water partition coefficient (Wildman–Crippen LogP) is 6.32. The van der Waals surface area contributed by atoms with E-state index in [1.54, 1.807) is 10.7 Å². The zero-order valence-electron chi connectivity index (χ0n) is 21.6. The molecule has 0 bridgehead atoms. The molecule has 2 N–H and O–H groups in total. The van der Waals surface area contributed by atoms with E-state index in [0.29, 0.717) is 5.82 Å². The molecule has 1 aromatic heterocycles. The minimum Gasteiger partial charge on any atom is -0.315 e. The van der Waals surface area contributed by atoms with Gasteiger partial charge in [-0.25, -0.2) is 9.48 Å². The molecule has 3 amide bonds. The maximum Gasteiger partial charge on any atom is 0.416 e. The minimum absolute atomic E-state index is 0.0495. The first-order valence-corrected chi connectivity index (χ1v) is 11.9. The average molecular weight is 516 g/mol. The van der Waals surface area contributed by atoms with E-state index >= 15 is 0 Å². The molecule has 1 heterocycles. The number of urea groups is 1. The molecule has 198 valence electrons. The molecule has 0 aliphatic rings. The molecule has 7 nitrogen and oxygen atoms in total. The number of rotatable bonds is 7. The fourth-order valence-electron chi connectivity index (χ4n) is 3.56. The Kier molecular flexibility index (Phi) is 8.30. The third kappa shape index (κ3) is 7.58. The number of anilines is 2. The molecule has 0 fully saturated rings. The summed E-state index contributed by atoms with van der Waals surface area (Å²) in [7, 11) is 0. The van der Waals surface area contributed by atoms with E-state index in [9.17, 15) is 22.8 Å². The molecule has 2 aromatic carbocycles. The number of nitrogens with one attached hydrogen (secondary N) is 2. The van der Waals surface area contributed by atoms with Gasteiger partial charge in [0.25, 0.3) is 0 Å². The van der Waals surface area contributed by atoms with Crippen molar-refractivity contribution in [3.05, 3.63) is 71.9 Å². The van der Waals surface area contributed by atoms with E-state index in [2.05, 4.69) is 15.7 Å². The fourth-order valence-corrected chi connectivity index (χ4v) is 3.56. The summed E-state index contributed by atoms with van der Waals surface area (Å²) < 4.78 is 40.1. The highest BCUT2D eigenvalue weighted by Crippen LogP contribution is 2.30. The summed E-state index contributed by atoms with van der Waals surface area (Å²) in [6.45, 7) is 9.87. The highest BCUT2D eigenvalue weighted by Gasteiger charge is 2.30. The van der Waals surface area contributed by atoms with E-state index < -0.39 is 23.7 Å². The smallest absolute Gasteiger partial charge is 0.315 e. The highest BCUT2D eigenvalue weighted by atomic mass is 19.4. The summed E-state index contributed by atoms with van der Waals surface area (Å²) in [4.78, 5) is 27.3. The van der Waals surface area contributed by atoms with Crippen LogP contribution in [-0.4, -0.2) is 39.7 Å². The predicted molar refractivity (Wildman–Crippen MR) is 138 cm³/mol. The van der Waals surface area contributed by atoms with Crippen molar-refractivity contribution in [2.75, 3.05) is 23.7 Å². The molecule has 0 aliphatic carbocycles. The Hall–Kier alpha value is -3.82. The van der Waals surface area contributed by atoms with Gasteiger partial charge in [0, 0.05) is 23.7 Å². The van der Waals surface area contributed by atoms with Crippen LogP contribution in [-0.2, 0) is 16.4 Å². The number of benzene rings is 2. The van der Waals surface area contributed by atoms with Gasteiger partial charge >= 0.3 is 12.2 Å². The van der Waals surface area contributed by atoms with Crippen LogP contribution in [0.1, 0.15) is 45.9 Å². The van der Waals surface area contributed by atoms with Crippen LogP contribution < -0.4 is 10.6 Å². The van der Waals surface area contributed by atoms with Crippen LogP contribution in [0.3, 0.4) is 0 Å². The summed E-state index contributed by atoms with van der Waals surface area (Å²) in [6, 6.07) is 14.7. The van der Waals surface area contributed by atoms with Gasteiger partial charge in [-0.05, 0) is 42.3 Å². The fraction of sp³-hybridized carbons (Fsp3) is 0.370. The van der Waals surface area contributed by atoms with Crippen molar-refractivity contribution in [2.24, 2.45) is 5.92 Å². The Morgan fingerprint density at radius 1 is 0.973 bits per heavy atom. The summed E-state index contributed by atoms with van der Waals surface area (Å²) in [5.74, 6) is 0.0861. The zero-order chi connectivity index (χ0) is 27.4. The number of aromatic nitrogens is 2. The number of halogens is 3. The first-order valence-electron chi connectivity index (χ1n) is 11.9. The Balaban J connectivity index is 1.77. The van der Waals surface area contributed by atoms with Gasteiger partial charge in [0.15, 0.2) is 0 Å². The van der Waals surface area contributed by atoms with Crippen LogP contribution >= 0.6 is 0 Å². The van der Waals surface area contributed by atoms with E-state index in [1.807, 2.05) is 65.0 Å². The van der Waals surface area contributed by atoms with Gasteiger partial charge in [-0.1, -0.05) is 52.8 Å². The van der Waals surface area contributed by atoms with E-state index in [0.717, 1.165) is 23.5 Å². The average Bonchev–Trinajstić information content (AvgIpc) is 3.23. The Morgan fingerprint density at radius 3 is 2.14 bits per heavy atom. The molecular weight excluding hydrogens is 483 g/mol. The standard InChI is InChI=1S/C27H32F3N5O2/c1-18(2)16-34(25(37)31-20-13-11-19(12-14-20)27(28,29)30)17-24(36)32-23-15-22(26(3,4)5)33-35(23)21-9-7-6-8-10-21/h6-15,18H,16-17H2,1-5H3,(H,31,37)(H,32,36). The number of alkyl halides is 3. The van der Waals surface area contributed by atoms with Gasteiger partial charge in [-0.15, -0.1) is 0 Å². The van der Waals surface area contributed by atoms with Crippen molar-refractivity contribution in [1.29, 1.82) is 0 Å². The maximum absolute atomic E-state index is 13.1. The first-order chi connectivity index (χ1) is 17.2. The first kappa shape index (κ1) is 27.8. The number of hydrogen-bond donors (Lipinski definition) is 2. The van der Waals surface area contributed by atoms with Gasteiger partial charge in [0.2, 0.25) is 5.91 Å². The third-order valence-electron chi connectivity index (χ3n) is 5.42. The monoisotopic (exact) mass is 515 g/mol. The van der Waals surface area contributed by atoms with Crippen LogP contribution in [0, 0.1) is 5.92 Å². The number of nitrogens with zero attached hydrogens (tertiary/aromatic N) is 3. The van der Waals surface area contributed by atoms with Crippen molar-refractivity contribution >= 4 is 23.4 Å². The molecule has 0 atom stereocenters. The van der Waals surface area contributed by atoms with Gasteiger partial charge < -0.3 is 15.5 Å². The van der Waals surface area contributed by atoms with Crippen molar-refractivity contribution in [2.45, 2.75) is 46.2 Å². The number of carbonyl (C=O) groups excluding carboxylic acids is 2. The minimum atomic E-state index is -4.47. The van der Waals surface area contributed by atoms with Crippen LogP contribution in [0.5, 0.6) is 0 Å². The van der Waals surface area contributed by atoms with Crippen molar-refractivity contribution < 1.29 is 22.8 Å². The SMILES string of the molecule is CC(C)CN(CC(=O)Nc1cc(C(C)(C)C)nn1-c1ccccc1)C(=O)Nc1ccc(C(F)(F)F)cc1. The third-order valence-corrected chi connectivity index (χ3v) is 5.42. The van der Waals surface area contributed by atoms with Crippen molar-refractivity contribution in [3.8, 4) is 5.69 Å². The molecule has 3 rings (SSSR count). The lowest BCUT2D eigenvalue weighted by molar-refractivity contribution is -0.137. The molecule has 0 radical (unpaired) electrons. The number of carbonyl (C=O) groups is 2. The quantitative estimate of drug-likeness (QED) is 0.387. The number of hydrogen-bond acceptors (Lipinski definition) is 3. The van der Waals surface area contributed by atoms with E-state index in [-0.39, 0.29) is 30.1 Å². The maximum atomic E-state index is 13.1. The molecule has 0 unspecified atom stereocenters. The van der Waals surface area contributed by atoms with Crippen molar-refractivity contribution in [1.82, 2.24) is 14.7 Å². The van der Waals surface area contributed by atoms with Crippen LogP contribution in [0.4, 0.5) is 29.5 Å². The van der Waals surface area contributed by atoms with Crippen LogP contribution in [0.15, 0.2) is 60.7 Å². The summed E-state index contributed by atoms with van der Waals surface area (Å²) in [5.41, 5.74) is 0.681. The second-order valence-electron chi connectivity index (χ2n) is 10.2. The topological polar surface area (TPSA) is 79.3 Å². The molecule has 0 saturated heterocycles. The van der Waals surface area contributed by atoms with Gasteiger partial charge in [-0.3, -0.25) is 4.79 Å². The molecule has 0 spiro atoms. The summed E-state index contributed by atoms with van der Waals surface area (Å²) in [6.07, 6.45) is -4.47. The molecule has 0 saturated carbocycles. The lowest BCUT2D eigenvalue weighted by Crippen LogP contribution is -2.42. The molecule has 10 heteroatoms. The van der Waals surface area contributed by atoms with Gasteiger partial charge in [0.1, 0.15) is 12.4 Å². The summed E-state index contributed by atoms with van der Waals surface area (Å²) >= 11 is 0. The zero-order valence-corrected chi connectivity index (χ0v) is 21.6. The Bertz CT molecular complexity index is 1210. The van der Waals surface area contributed by atoms with Crippen LogP contribution in [0.25, 0.3) is 5.69 Å².